The van der Waals surface area contributed by atoms with E-state index in [1.54, 1.807) is 7.11 Å². The van der Waals surface area contributed by atoms with E-state index in [0.717, 1.165) is 30.9 Å². The first-order valence-electron chi connectivity index (χ1n) is 8.51. The van der Waals surface area contributed by atoms with Gasteiger partial charge in [-0.25, -0.2) is 0 Å². The third kappa shape index (κ3) is 6.40. The first-order chi connectivity index (χ1) is 12.1. The number of hydrogen-bond donors (Lipinski definition) is 0. The number of aryl methyl sites for hydroxylation is 2. The molecule has 0 aromatic heterocycles. The lowest BCUT2D eigenvalue weighted by molar-refractivity contribution is 0.0624. The molecular weight excluding hydrogens is 314 g/mol. The summed E-state index contributed by atoms with van der Waals surface area (Å²) < 4.78 is 16.5. The van der Waals surface area contributed by atoms with Crippen molar-refractivity contribution in [2.45, 2.75) is 18.9 Å². The van der Waals surface area contributed by atoms with Gasteiger partial charge in [0.2, 0.25) is 0 Å². The second kappa shape index (κ2) is 10.1. The number of benzene rings is 2. The molecule has 135 valence electrons. The Labute approximate surface area is 151 Å². The van der Waals surface area contributed by atoms with E-state index in [4.69, 9.17) is 14.2 Å². The summed E-state index contributed by atoms with van der Waals surface area (Å²) in [5.41, 5.74) is 2.44. The summed E-state index contributed by atoms with van der Waals surface area (Å²) in [4.78, 5) is 2.06. The molecule has 2 aromatic carbocycles. The summed E-state index contributed by atoms with van der Waals surface area (Å²) in [5.74, 6) is 1.80. The molecule has 1 unspecified atom stereocenters. The van der Waals surface area contributed by atoms with Crippen LogP contribution in [0.3, 0.4) is 0 Å². The maximum atomic E-state index is 6.01. The Morgan fingerprint density at radius 1 is 1.04 bits per heavy atom. The van der Waals surface area contributed by atoms with E-state index >= 15 is 0 Å². The van der Waals surface area contributed by atoms with E-state index in [-0.39, 0.29) is 6.10 Å². The summed E-state index contributed by atoms with van der Waals surface area (Å²) in [7, 11) is 9.26. The standard InChI is InChI=1S/C21H28NO3/c1-22(2)15-20(24-4)16-25-21-11-6-5-9-18(21)13-12-17-8-7-10-19(14-17)23-3/h5-11,14,20H,4,12-13,15-16H2,1-3H3. The van der Waals surface area contributed by atoms with Crippen LogP contribution in [-0.2, 0) is 17.6 Å². The average Bonchev–Trinajstić information content (AvgIpc) is 2.64. The van der Waals surface area contributed by atoms with Gasteiger partial charge in [-0.1, -0.05) is 30.3 Å². The van der Waals surface area contributed by atoms with Crippen LogP contribution in [0.25, 0.3) is 0 Å². The Bertz CT molecular complexity index is 643. The minimum atomic E-state index is -0.0542. The third-order valence-electron chi connectivity index (χ3n) is 4.02. The molecule has 1 radical (unpaired) electrons. The lowest BCUT2D eigenvalue weighted by Crippen LogP contribution is -2.32. The van der Waals surface area contributed by atoms with E-state index in [2.05, 4.69) is 30.2 Å². The second-order valence-electron chi connectivity index (χ2n) is 6.32. The highest BCUT2D eigenvalue weighted by atomic mass is 16.5. The molecule has 0 N–H and O–H groups in total. The lowest BCUT2D eigenvalue weighted by Gasteiger charge is -2.20. The van der Waals surface area contributed by atoms with Crippen molar-refractivity contribution in [2.75, 3.05) is 34.4 Å². The smallest absolute Gasteiger partial charge is 0.122 e. The Hall–Kier alpha value is -2.04. The molecule has 0 saturated carbocycles. The Kier molecular flexibility index (Phi) is 7.76. The van der Waals surface area contributed by atoms with Crippen LogP contribution in [0.4, 0.5) is 0 Å². The van der Waals surface area contributed by atoms with E-state index in [1.165, 1.54) is 11.1 Å². The van der Waals surface area contributed by atoms with Crippen molar-refractivity contribution in [3.05, 3.63) is 66.8 Å². The number of rotatable bonds is 10. The molecule has 0 bridgehead atoms. The van der Waals surface area contributed by atoms with E-state index in [1.807, 2.05) is 44.4 Å². The minimum absolute atomic E-state index is 0.0542. The molecule has 0 amide bonds. The maximum absolute atomic E-state index is 6.01. The van der Waals surface area contributed by atoms with Crippen LogP contribution >= 0.6 is 0 Å². The second-order valence-corrected chi connectivity index (χ2v) is 6.32. The number of ether oxygens (including phenoxy) is 3. The van der Waals surface area contributed by atoms with Gasteiger partial charge >= 0.3 is 0 Å². The topological polar surface area (TPSA) is 30.9 Å². The third-order valence-corrected chi connectivity index (χ3v) is 4.02. The van der Waals surface area contributed by atoms with E-state index in [0.29, 0.717) is 6.61 Å². The molecule has 2 rings (SSSR count). The minimum Gasteiger partial charge on any atom is -0.497 e. The highest BCUT2D eigenvalue weighted by Gasteiger charge is 2.11. The molecule has 0 aliphatic rings. The molecule has 1 atom stereocenters. The van der Waals surface area contributed by atoms with Crippen molar-refractivity contribution in [2.24, 2.45) is 0 Å². The molecule has 0 saturated heterocycles. The number of hydrogen-bond acceptors (Lipinski definition) is 4. The molecular formula is C21H28NO3. The van der Waals surface area contributed by atoms with Crippen LogP contribution in [0.2, 0.25) is 0 Å². The van der Waals surface area contributed by atoms with Crippen molar-refractivity contribution in [3.8, 4) is 11.5 Å². The van der Waals surface area contributed by atoms with Gasteiger partial charge in [0.15, 0.2) is 0 Å². The predicted molar refractivity (Wildman–Crippen MR) is 101 cm³/mol. The molecule has 0 aliphatic heterocycles. The molecule has 25 heavy (non-hydrogen) atoms. The van der Waals surface area contributed by atoms with Crippen LogP contribution in [0, 0.1) is 7.11 Å². The van der Waals surface area contributed by atoms with Gasteiger partial charge in [0, 0.05) is 6.54 Å². The van der Waals surface area contributed by atoms with Crippen LogP contribution in [0.15, 0.2) is 48.5 Å². The van der Waals surface area contributed by atoms with Crippen molar-refractivity contribution >= 4 is 0 Å². The highest BCUT2D eigenvalue weighted by molar-refractivity contribution is 5.35. The summed E-state index contributed by atoms with van der Waals surface area (Å²) >= 11 is 0. The number of nitrogens with zero attached hydrogens (tertiary/aromatic N) is 1. The molecule has 0 aliphatic carbocycles. The SMILES string of the molecule is [CH2]OC(COc1ccccc1CCc1cccc(OC)c1)CN(C)C. The zero-order chi connectivity index (χ0) is 18.1. The van der Waals surface area contributed by atoms with Crippen molar-refractivity contribution in [1.29, 1.82) is 0 Å². The predicted octanol–water partition coefficient (Wildman–Crippen LogP) is 3.60. The number of para-hydroxylation sites is 1. The van der Waals surface area contributed by atoms with Gasteiger partial charge in [-0.2, -0.15) is 0 Å². The summed E-state index contributed by atoms with van der Waals surface area (Å²) in [6.07, 6.45) is 1.79. The fourth-order valence-corrected chi connectivity index (χ4v) is 2.70. The van der Waals surface area contributed by atoms with Crippen LogP contribution in [0.5, 0.6) is 11.5 Å². The van der Waals surface area contributed by atoms with Crippen LogP contribution < -0.4 is 9.47 Å². The zero-order valence-corrected chi connectivity index (χ0v) is 15.4. The molecule has 0 spiro atoms. The van der Waals surface area contributed by atoms with Gasteiger partial charge in [0.05, 0.1) is 14.2 Å². The first kappa shape index (κ1) is 19.3. The maximum Gasteiger partial charge on any atom is 0.122 e. The van der Waals surface area contributed by atoms with Crippen LogP contribution in [0.1, 0.15) is 11.1 Å². The van der Waals surface area contributed by atoms with Gasteiger partial charge in [-0.15, -0.1) is 0 Å². The highest BCUT2D eigenvalue weighted by Crippen LogP contribution is 2.21. The van der Waals surface area contributed by atoms with Gasteiger partial charge in [-0.3, -0.25) is 0 Å². The number of methoxy groups -OCH3 is 1. The van der Waals surface area contributed by atoms with Gasteiger partial charge < -0.3 is 19.1 Å². The summed E-state index contributed by atoms with van der Waals surface area (Å²) in [6, 6.07) is 16.3. The van der Waals surface area contributed by atoms with Crippen molar-refractivity contribution in [1.82, 2.24) is 4.90 Å². The number of likely N-dealkylation sites (N-methyl/N-ethyl adjacent to an activating group) is 1. The Morgan fingerprint density at radius 2 is 1.84 bits per heavy atom. The van der Waals surface area contributed by atoms with Crippen molar-refractivity contribution < 1.29 is 14.2 Å². The zero-order valence-electron chi connectivity index (χ0n) is 15.4. The Balaban J connectivity index is 1.97. The monoisotopic (exact) mass is 342 g/mol. The molecule has 4 nitrogen and oxygen atoms in total. The molecule has 4 heteroatoms. The first-order valence-corrected chi connectivity index (χ1v) is 8.51. The van der Waals surface area contributed by atoms with Gasteiger partial charge in [0.1, 0.15) is 24.2 Å². The lowest BCUT2D eigenvalue weighted by atomic mass is 10.0. The van der Waals surface area contributed by atoms with Gasteiger partial charge in [-0.05, 0) is 56.3 Å². The average molecular weight is 342 g/mol. The summed E-state index contributed by atoms with van der Waals surface area (Å²) in [5, 5.41) is 0. The van der Waals surface area contributed by atoms with Gasteiger partial charge in [0.25, 0.3) is 0 Å². The van der Waals surface area contributed by atoms with E-state index in [9.17, 15) is 0 Å². The molecule has 0 fully saturated rings. The fourth-order valence-electron chi connectivity index (χ4n) is 2.70. The van der Waals surface area contributed by atoms with Crippen molar-refractivity contribution in [3.63, 3.8) is 0 Å². The molecule has 2 aromatic rings. The molecule has 0 heterocycles. The van der Waals surface area contributed by atoms with Crippen LogP contribution in [-0.4, -0.2) is 45.4 Å². The Morgan fingerprint density at radius 3 is 2.56 bits per heavy atom. The fraction of sp³-hybridized carbons (Fsp3) is 0.381. The largest absolute Gasteiger partial charge is 0.497 e. The summed E-state index contributed by atoms with van der Waals surface area (Å²) in [6.45, 7) is 1.26. The normalized spacial score (nSPS) is 12.2. The van der Waals surface area contributed by atoms with E-state index < -0.39 is 0 Å². The quantitative estimate of drug-likeness (QED) is 0.660.